The third-order valence-electron chi connectivity index (χ3n) is 6.82. The third kappa shape index (κ3) is 4.40. The van der Waals surface area contributed by atoms with Crippen molar-refractivity contribution in [3.05, 3.63) is 82.4 Å². The topological polar surface area (TPSA) is 63.6 Å². The predicted molar refractivity (Wildman–Crippen MR) is 126 cm³/mol. The van der Waals surface area contributed by atoms with Crippen LogP contribution in [0.3, 0.4) is 0 Å². The summed E-state index contributed by atoms with van der Waals surface area (Å²) in [6.45, 7) is 9.34. The van der Waals surface area contributed by atoms with Gasteiger partial charge in [0.05, 0.1) is 12.0 Å². The molecule has 0 fully saturated rings. The summed E-state index contributed by atoms with van der Waals surface area (Å²) in [5.74, 6) is -1.20. The molecular weight excluding hydrogens is 400 g/mol. The maximum absolute atomic E-state index is 12.5. The molecule has 4 heteroatoms. The van der Waals surface area contributed by atoms with Gasteiger partial charge in [-0.25, -0.2) is 4.79 Å². The minimum Gasteiger partial charge on any atom is -0.478 e. The lowest BCUT2D eigenvalue weighted by atomic mass is 9.63. The number of carbonyl (C=O) groups is 2. The molecule has 4 rings (SSSR count). The van der Waals surface area contributed by atoms with Gasteiger partial charge in [-0.2, -0.15) is 0 Å². The van der Waals surface area contributed by atoms with Crippen LogP contribution in [0.25, 0.3) is 10.8 Å². The molecule has 0 aromatic heterocycles. The van der Waals surface area contributed by atoms with Crippen LogP contribution >= 0.6 is 0 Å². The van der Waals surface area contributed by atoms with Crippen molar-refractivity contribution < 1.29 is 19.4 Å². The molecule has 3 aromatic carbocycles. The number of hydrogen-bond acceptors (Lipinski definition) is 3. The van der Waals surface area contributed by atoms with Gasteiger partial charge in [-0.15, -0.1) is 0 Å². The summed E-state index contributed by atoms with van der Waals surface area (Å²) in [6, 6.07) is 17.1. The standard InChI is InChI=1S/C28H30O4/c1-27(2)11-12-28(3,4)24-14-18(6-10-23(24)27)15-25(29)32-17-19-5-7-21-16-22(26(30)31)9-8-20(21)13-19/h5-10,13-14,16H,11-12,15,17H2,1-4H3,(H,30,31). The van der Waals surface area contributed by atoms with Crippen molar-refractivity contribution >= 4 is 22.7 Å². The van der Waals surface area contributed by atoms with Crippen LogP contribution in [0, 0.1) is 0 Å². The zero-order chi connectivity index (χ0) is 23.1. The van der Waals surface area contributed by atoms with E-state index in [1.807, 2.05) is 18.2 Å². The van der Waals surface area contributed by atoms with E-state index in [0.29, 0.717) is 0 Å². The number of carboxylic acid groups (broad SMARTS) is 1. The Labute approximate surface area is 189 Å². The Bertz CT molecular complexity index is 1200. The molecule has 0 radical (unpaired) electrons. The molecule has 0 spiro atoms. The van der Waals surface area contributed by atoms with Crippen LogP contribution in [0.1, 0.15) is 73.1 Å². The van der Waals surface area contributed by atoms with Crippen molar-refractivity contribution in [2.75, 3.05) is 0 Å². The number of aromatic carboxylic acids is 1. The van der Waals surface area contributed by atoms with Gasteiger partial charge in [0.15, 0.2) is 0 Å². The van der Waals surface area contributed by atoms with Crippen LogP contribution in [-0.2, 0) is 33.4 Å². The maximum Gasteiger partial charge on any atom is 0.335 e. The van der Waals surface area contributed by atoms with Crippen molar-refractivity contribution in [3.8, 4) is 0 Å². The molecule has 166 valence electrons. The zero-order valence-corrected chi connectivity index (χ0v) is 19.2. The largest absolute Gasteiger partial charge is 0.478 e. The first-order valence-corrected chi connectivity index (χ1v) is 11.1. The molecule has 0 saturated carbocycles. The molecule has 3 aromatic rings. The number of benzene rings is 3. The normalized spacial score (nSPS) is 16.4. The number of carbonyl (C=O) groups excluding carboxylic acids is 1. The number of hydrogen-bond donors (Lipinski definition) is 1. The summed E-state index contributed by atoms with van der Waals surface area (Å²) in [7, 11) is 0. The maximum atomic E-state index is 12.5. The van der Waals surface area contributed by atoms with Gasteiger partial charge >= 0.3 is 11.9 Å². The van der Waals surface area contributed by atoms with E-state index in [1.54, 1.807) is 18.2 Å². The SMILES string of the molecule is CC1(C)CCC(C)(C)c2cc(CC(=O)OCc3ccc4cc(C(=O)O)ccc4c3)ccc21. The van der Waals surface area contributed by atoms with Crippen molar-refractivity contribution in [2.45, 2.75) is 64.4 Å². The summed E-state index contributed by atoms with van der Waals surface area (Å²) >= 11 is 0. The van der Waals surface area contributed by atoms with Crippen LogP contribution in [0.15, 0.2) is 54.6 Å². The van der Waals surface area contributed by atoms with E-state index in [9.17, 15) is 9.59 Å². The lowest BCUT2D eigenvalue weighted by Crippen LogP contribution is -2.34. The van der Waals surface area contributed by atoms with Crippen LogP contribution in [0.5, 0.6) is 0 Å². The molecule has 1 N–H and O–H groups in total. The molecule has 0 heterocycles. The van der Waals surface area contributed by atoms with Crippen LogP contribution in [0.2, 0.25) is 0 Å². The van der Waals surface area contributed by atoms with Crippen LogP contribution in [-0.4, -0.2) is 17.0 Å². The summed E-state index contributed by atoms with van der Waals surface area (Å²) < 4.78 is 5.55. The third-order valence-corrected chi connectivity index (χ3v) is 6.82. The van der Waals surface area contributed by atoms with Crippen LogP contribution < -0.4 is 0 Å². The highest BCUT2D eigenvalue weighted by atomic mass is 16.5. The Morgan fingerprint density at radius 2 is 1.44 bits per heavy atom. The van der Waals surface area contributed by atoms with Gasteiger partial charge in [0.2, 0.25) is 0 Å². The second-order valence-corrected chi connectivity index (χ2v) is 10.2. The van der Waals surface area contributed by atoms with E-state index < -0.39 is 5.97 Å². The molecule has 0 aliphatic heterocycles. The minimum atomic E-state index is -0.945. The second-order valence-electron chi connectivity index (χ2n) is 10.2. The molecule has 4 nitrogen and oxygen atoms in total. The smallest absolute Gasteiger partial charge is 0.335 e. The minimum absolute atomic E-state index is 0.108. The quantitative estimate of drug-likeness (QED) is 0.492. The van der Waals surface area contributed by atoms with Gasteiger partial charge in [-0.3, -0.25) is 4.79 Å². The van der Waals surface area contributed by atoms with Crippen molar-refractivity contribution in [1.82, 2.24) is 0 Å². The number of ether oxygens (including phenoxy) is 1. The Balaban J connectivity index is 1.44. The first kappa shape index (κ1) is 22.1. The van der Waals surface area contributed by atoms with E-state index in [2.05, 4.69) is 45.9 Å². The Morgan fingerprint density at radius 3 is 2.16 bits per heavy atom. The molecular formula is C28H30O4. The number of esters is 1. The highest BCUT2D eigenvalue weighted by Crippen LogP contribution is 2.45. The summed E-state index contributed by atoms with van der Waals surface area (Å²) in [5, 5.41) is 10.9. The highest BCUT2D eigenvalue weighted by Gasteiger charge is 2.36. The van der Waals surface area contributed by atoms with E-state index in [0.717, 1.165) is 34.7 Å². The number of carboxylic acids is 1. The average molecular weight is 431 g/mol. The lowest BCUT2D eigenvalue weighted by Gasteiger charge is -2.42. The molecule has 0 amide bonds. The molecule has 0 saturated heterocycles. The predicted octanol–water partition coefficient (Wildman–Crippen LogP) is 6.17. The molecule has 32 heavy (non-hydrogen) atoms. The van der Waals surface area contributed by atoms with E-state index in [1.165, 1.54) is 11.1 Å². The summed E-state index contributed by atoms with van der Waals surface area (Å²) in [4.78, 5) is 23.7. The van der Waals surface area contributed by atoms with Crippen LogP contribution in [0.4, 0.5) is 0 Å². The lowest BCUT2D eigenvalue weighted by molar-refractivity contribution is -0.144. The Hall–Kier alpha value is -3.14. The summed E-state index contributed by atoms with van der Waals surface area (Å²) in [5.41, 5.74) is 5.11. The van der Waals surface area contributed by atoms with E-state index in [-0.39, 0.29) is 35.4 Å². The fraction of sp³-hybridized carbons (Fsp3) is 0.357. The molecule has 0 atom stereocenters. The number of rotatable bonds is 5. The fourth-order valence-corrected chi connectivity index (χ4v) is 4.65. The molecule has 1 aliphatic carbocycles. The first-order valence-electron chi connectivity index (χ1n) is 11.1. The highest BCUT2D eigenvalue weighted by molar-refractivity contribution is 5.94. The fourth-order valence-electron chi connectivity index (χ4n) is 4.65. The first-order chi connectivity index (χ1) is 15.0. The Morgan fingerprint density at radius 1 is 0.812 bits per heavy atom. The Kier molecular flexibility index (Phi) is 5.58. The van der Waals surface area contributed by atoms with Gasteiger partial charge in [0, 0.05) is 0 Å². The van der Waals surface area contributed by atoms with Gasteiger partial charge < -0.3 is 9.84 Å². The monoisotopic (exact) mass is 430 g/mol. The van der Waals surface area contributed by atoms with Gasteiger partial charge in [0.1, 0.15) is 6.61 Å². The second kappa shape index (κ2) is 8.09. The van der Waals surface area contributed by atoms with Gasteiger partial charge in [0.25, 0.3) is 0 Å². The molecule has 1 aliphatic rings. The van der Waals surface area contributed by atoms with E-state index >= 15 is 0 Å². The molecule has 0 bridgehead atoms. The zero-order valence-electron chi connectivity index (χ0n) is 19.2. The van der Waals surface area contributed by atoms with Crippen molar-refractivity contribution in [1.29, 1.82) is 0 Å². The molecule has 0 unspecified atom stereocenters. The average Bonchev–Trinajstić information content (AvgIpc) is 2.75. The summed E-state index contributed by atoms with van der Waals surface area (Å²) in [6.07, 6.45) is 2.55. The number of fused-ring (bicyclic) bond motifs is 2. The van der Waals surface area contributed by atoms with Gasteiger partial charge in [-0.1, -0.05) is 64.1 Å². The van der Waals surface area contributed by atoms with Gasteiger partial charge in [-0.05, 0) is 74.9 Å². The van der Waals surface area contributed by atoms with E-state index in [4.69, 9.17) is 9.84 Å². The van der Waals surface area contributed by atoms with Crippen molar-refractivity contribution in [2.24, 2.45) is 0 Å². The van der Waals surface area contributed by atoms with Crippen molar-refractivity contribution in [3.63, 3.8) is 0 Å².